The number of hydrogen-bond donors (Lipinski definition) is 2. The molecular formula is C14H20ClFN2O2. The zero-order valence-corrected chi connectivity index (χ0v) is 12.2. The van der Waals surface area contributed by atoms with E-state index < -0.39 is 6.04 Å². The molecule has 1 heterocycles. The second kappa shape index (κ2) is 7.57. The molecule has 1 saturated heterocycles. The summed E-state index contributed by atoms with van der Waals surface area (Å²) in [5, 5.41) is 2.70. The number of rotatable bonds is 3. The molecule has 3 N–H and O–H groups in total. The van der Waals surface area contributed by atoms with Crippen LogP contribution in [0.3, 0.4) is 0 Å². The maximum absolute atomic E-state index is 13.2. The lowest BCUT2D eigenvalue weighted by Crippen LogP contribution is -2.44. The van der Waals surface area contributed by atoms with Crippen LogP contribution in [0.5, 0.6) is 0 Å². The SMILES string of the molecule is Cc1ccc(F)cc1NC(=O)C(N)C1CCOCC1.Cl. The normalized spacial score (nSPS) is 17.1. The first-order valence-corrected chi connectivity index (χ1v) is 6.48. The van der Waals surface area contributed by atoms with Gasteiger partial charge in [0, 0.05) is 18.9 Å². The van der Waals surface area contributed by atoms with Crippen LogP contribution >= 0.6 is 12.4 Å². The molecule has 1 aliphatic heterocycles. The highest BCUT2D eigenvalue weighted by molar-refractivity contribution is 5.95. The molecule has 1 aromatic carbocycles. The van der Waals surface area contributed by atoms with Gasteiger partial charge in [0.1, 0.15) is 5.82 Å². The van der Waals surface area contributed by atoms with Gasteiger partial charge in [-0.1, -0.05) is 6.07 Å². The van der Waals surface area contributed by atoms with E-state index >= 15 is 0 Å². The van der Waals surface area contributed by atoms with Gasteiger partial charge in [-0.05, 0) is 43.4 Å². The Balaban J connectivity index is 0.00000200. The van der Waals surface area contributed by atoms with Gasteiger partial charge < -0.3 is 15.8 Å². The largest absolute Gasteiger partial charge is 0.381 e. The van der Waals surface area contributed by atoms with Gasteiger partial charge in [-0.2, -0.15) is 0 Å². The maximum atomic E-state index is 13.2. The number of carbonyl (C=O) groups excluding carboxylic acids is 1. The fraction of sp³-hybridized carbons (Fsp3) is 0.500. The van der Waals surface area contributed by atoms with Crippen LogP contribution in [0, 0.1) is 18.7 Å². The highest BCUT2D eigenvalue weighted by Gasteiger charge is 2.26. The van der Waals surface area contributed by atoms with E-state index in [1.54, 1.807) is 6.07 Å². The van der Waals surface area contributed by atoms with Gasteiger partial charge in [-0.15, -0.1) is 12.4 Å². The Hall–Kier alpha value is -1.17. The summed E-state index contributed by atoms with van der Waals surface area (Å²) in [4.78, 5) is 12.1. The van der Waals surface area contributed by atoms with Crippen molar-refractivity contribution in [3.05, 3.63) is 29.6 Å². The van der Waals surface area contributed by atoms with Crippen LogP contribution in [0.2, 0.25) is 0 Å². The second-order valence-electron chi connectivity index (χ2n) is 4.92. The Labute approximate surface area is 124 Å². The smallest absolute Gasteiger partial charge is 0.241 e. The van der Waals surface area contributed by atoms with Crippen LogP contribution in [0.1, 0.15) is 18.4 Å². The maximum Gasteiger partial charge on any atom is 0.241 e. The Morgan fingerprint density at radius 1 is 1.45 bits per heavy atom. The molecule has 1 aliphatic rings. The van der Waals surface area contributed by atoms with Gasteiger partial charge in [0.05, 0.1) is 6.04 Å². The third kappa shape index (κ3) is 4.16. The second-order valence-corrected chi connectivity index (χ2v) is 4.92. The molecule has 0 spiro atoms. The van der Waals surface area contributed by atoms with Crippen molar-refractivity contribution in [2.45, 2.75) is 25.8 Å². The number of aryl methyl sites for hydroxylation is 1. The van der Waals surface area contributed by atoms with Crippen molar-refractivity contribution in [3.63, 3.8) is 0 Å². The van der Waals surface area contributed by atoms with Crippen molar-refractivity contribution in [3.8, 4) is 0 Å². The highest BCUT2D eigenvalue weighted by Crippen LogP contribution is 2.20. The van der Waals surface area contributed by atoms with Crippen LogP contribution in [0.4, 0.5) is 10.1 Å². The topological polar surface area (TPSA) is 64.4 Å². The fourth-order valence-electron chi connectivity index (χ4n) is 2.23. The third-order valence-corrected chi connectivity index (χ3v) is 3.53. The van der Waals surface area contributed by atoms with Gasteiger partial charge >= 0.3 is 0 Å². The molecule has 1 amide bonds. The van der Waals surface area contributed by atoms with Crippen molar-refractivity contribution in [2.24, 2.45) is 11.7 Å². The number of hydrogen-bond acceptors (Lipinski definition) is 3. The van der Waals surface area contributed by atoms with E-state index in [0.717, 1.165) is 18.4 Å². The summed E-state index contributed by atoms with van der Waals surface area (Å²) in [5.41, 5.74) is 7.26. The molecule has 6 heteroatoms. The first-order valence-electron chi connectivity index (χ1n) is 6.48. The predicted molar refractivity (Wildman–Crippen MR) is 78.5 cm³/mol. The van der Waals surface area contributed by atoms with Crippen LogP contribution in [0.25, 0.3) is 0 Å². The standard InChI is InChI=1S/C14H19FN2O2.ClH/c1-9-2-3-11(15)8-12(9)17-14(18)13(16)10-4-6-19-7-5-10;/h2-3,8,10,13H,4-7,16H2,1H3,(H,17,18);1H. The number of nitrogens with two attached hydrogens (primary N) is 1. The van der Waals surface area contributed by atoms with Gasteiger partial charge in [-0.25, -0.2) is 4.39 Å². The first kappa shape index (κ1) is 16.9. The van der Waals surface area contributed by atoms with Crippen molar-refractivity contribution in [1.29, 1.82) is 0 Å². The van der Waals surface area contributed by atoms with E-state index in [1.807, 2.05) is 6.92 Å². The first-order chi connectivity index (χ1) is 9.08. The summed E-state index contributed by atoms with van der Waals surface area (Å²) in [6.07, 6.45) is 1.58. The minimum atomic E-state index is -0.577. The number of anilines is 1. The lowest BCUT2D eigenvalue weighted by molar-refractivity contribution is -0.119. The Bertz CT molecular complexity index is 464. The van der Waals surface area contributed by atoms with Gasteiger partial charge in [-0.3, -0.25) is 4.79 Å². The quantitative estimate of drug-likeness (QED) is 0.900. The van der Waals surface area contributed by atoms with Crippen LogP contribution in [-0.2, 0) is 9.53 Å². The predicted octanol–water partition coefficient (Wildman–Crippen LogP) is 2.25. The zero-order valence-electron chi connectivity index (χ0n) is 11.4. The van der Waals surface area contributed by atoms with E-state index in [1.165, 1.54) is 12.1 Å². The van der Waals surface area contributed by atoms with Crippen molar-refractivity contribution in [2.75, 3.05) is 18.5 Å². The zero-order chi connectivity index (χ0) is 13.8. The molecule has 0 bridgehead atoms. The van der Waals surface area contributed by atoms with E-state index in [-0.39, 0.29) is 30.0 Å². The molecule has 2 rings (SSSR count). The summed E-state index contributed by atoms with van der Waals surface area (Å²) < 4.78 is 18.4. The van der Waals surface area contributed by atoms with Gasteiger partial charge in [0.15, 0.2) is 0 Å². The third-order valence-electron chi connectivity index (χ3n) is 3.53. The fourth-order valence-corrected chi connectivity index (χ4v) is 2.23. The van der Waals surface area contributed by atoms with Gasteiger partial charge in [0.25, 0.3) is 0 Å². The lowest BCUT2D eigenvalue weighted by Gasteiger charge is -2.26. The molecule has 0 aliphatic carbocycles. The Kier molecular flexibility index (Phi) is 6.39. The Morgan fingerprint density at radius 2 is 2.10 bits per heavy atom. The number of ether oxygens (including phenoxy) is 1. The van der Waals surface area contributed by atoms with Crippen molar-refractivity contribution >= 4 is 24.0 Å². The number of nitrogens with one attached hydrogen (secondary N) is 1. The molecule has 20 heavy (non-hydrogen) atoms. The minimum Gasteiger partial charge on any atom is -0.381 e. The van der Waals surface area contributed by atoms with Crippen molar-refractivity contribution in [1.82, 2.24) is 0 Å². The van der Waals surface area contributed by atoms with E-state index in [2.05, 4.69) is 5.32 Å². The molecule has 0 radical (unpaired) electrons. The van der Waals surface area contributed by atoms with Crippen molar-refractivity contribution < 1.29 is 13.9 Å². The number of benzene rings is 1. The molecule has 1 unspecified atom stereocenters. The summed E-state index contributed by atoms with van der Waals surface area (Å²) in [6.45, 7) is 3.10. The number of halogens is 2. The molecule has 0 saturated carbocycles. The molecular weight excluding hydrogens is 283 g/mol. The summed E-state index contributed by atoms with van der Waals surface area (Å²) in [5.74, 6) is -0.510. The lowest BCUT2D eigenvalue weighted by atomic mass is 9.92. The number of carbonyl (C=O) groups is 1. The van der Waals surface area contributed by atoms with E-state index in [0.29, 0.717) is 18.9 Å². The average Bonchev–Trinajstić information content (AvgIpc) is 2.43. The monoisotopic (exact) mass is 302 g/mol. The summed E-state index contributed by atoms with van der Waals surface area (Å²) in [7, 11) is 0. The molecule has 112 valence electrons. The molecule has 1 fully saturated rings. The van der Waals surface area contributed by atoms with Crippen LogP contribution < -0.4 is 11.1 Å². The average molecular weight is 303 g/mol. The van der Waals surface area contributed by atoms with Crippen LogP contribution in [0.15, 0.2) is 18.2 Å². The molecule has 1 aromatic rings. The minimum absolute atomic E-state index is 0. The molecule has 0 aromatic heterocycles. The van der Waals surface area contributed by atoms with Gasteiger partial charge in [0.2, 0.25) is 5.91 Å². The van der Waals surface area contributed by atoms with Crippen LogP contribution in [-0.4, -0.2) is 25.2 Å². The molecule has 1 atom stereocenters. The summed E-state index contributed by atoms with van der Waals surface area (Å²) in [6, 6.07) is 3.73. The molecule has 4 nitrogen and oxygen atoms in total. The highest BCUT2D eigenvalue weighted by atomic mass is 35.5. The van der Waals surface area contributed by atoms with E-state index in [4.69, 9.17) is 10.5 Å². The summed E-state index contributed by atoms with van der Waals surface area (Å²) >= 11 is 0. The number of amides is 1. The van der Waals surface area contributed by atoms with E-state index in [9.17, 15) is 9.18 Å². The Morgan fingerprint density at radius 3 is 2.75 bits per heavy atom.